The zero-order chi connectivity index (χ0) is 12.1. The van der Waals surface area contributed by atoms with E-state index in [2.05, 4.69) is 73.2 Å². The lowest BCUT2D eigenvalue weighted by atomic mass is 9.99. The lowest BCUT2D eigenvalue weighted by molar-refractivity contribution is 0.356. The summed E-state index contributed by atoms with van der Waals surface area (Å²) in [6, 6.07) is 9.52. The first-order chi connectivity index (χ1) is 7.54. The summed E-state index contributed by atoms with van der Waals surface area (Å²) in [5, 5.41) is 3.69. The van der Waals surface area contributed by atoms with Gasteiger partial charge in [-0.05, 0) is 37.0 Å². The third kappa shape index (κ3) is 3.91. The van der Waals surface area contributed by atoms with Gasteiger partial charge >= 0.3 is 0 Å². The summed E-state index contributed by atoms with van der Waals surface area (Å²) in [5.41, 5.74) is 1.34. The van der Waals surface area contributed by atoms with Crippen molar-refractivity contribution in [2.45, 2.75) is 46.2 Å². The van der Waals surface area contributed by atoms with E-state index < -0.39 is 0 Å². The number of hydrogen-bond donors (Lipinski definition) is 1. The van der Waals surface area contributed by atoms with Gasteiger partial charge in [0, 0.05) is 16.6 Å². The maximum atomic E-state index is 3.69. The minimum atomic E-state index is 0.407. The second kappa shape index (κ2) is 6.41. The number of halogens is 1. The molecule has 0 heterocycles. The van der Waals surface area contributed by atoms with E-state index in [4.69, 9.17) is 0 Å². The van der Waals surface area contributed by atoms with Gasteiger partial charge in [0.25, 0.3) is 0 Å². The second-order valence-electron chi connectivity index (χ2n) is 4.70. The standard InChI is InChI=1S/C14H22BrN/c1-5-14(10(2)3)16-11(4)12-7-6-8-13(15)9-12/h6-11,14,16H,5H2,1-4H3. The number of benzene rings is 1. The predicted molar refractivity (Wildman–Crippen MR) is 74.6 cm³/mol. The van der Waals surface area contributed by atoms with E-state index >= 15 is 0 Å². The highest BCUT2D eigenvalue weighted by Crippen LogP contribution is 2.20. The molecule has 0 aliphatic carbocycles. The molecule has 0 aliphatic heterocycles. The first-order valence-electron chi connectivity index (χ1n) is 6.06. The maximum Gasteiger partial charge on any atom is 0.0294 e. The van der Waals surface area contributed by atoms with Gasteiger partial charge in [0.15, 0.2) is 0 Å². The fourth-order valence-electron chi connectivity index (χ4n) is 1.97. The first kappa shape index (κ1) is 13.7. The first-order valence-corrected chi connectivity index (χ1v) is 6.85. The van der Waals surface area contributed by atoms with Crippen molar-refractivity contribution < 1.29 is 0 Å². The zero-order valence-electron chi connectivity index (χ0n) is 10.6. The fraction of sp³-hybridized carbons (Fsp3) is 0.571. The van der Waals surface area contributed by atoms with E-state index in [-0.39, 0.29) is 0 Å². The Morgan fingerprint density at radius 3 is 2.44 bits per heavy atom. The van der Waals surface area contributed by atoms with Crippen LogP contribution < -0.4 is 5.32 Å². The molecule has 0 aromatic heterocycles. The summed E-state index contributed by atoms with van der Waals surface area (Å²) in [4.78, 5) is 0. The van der Waals surface area contributed by atoms with Crippen molar-refractivity contribution in [1.29, 1.82) is 0 Å². The van der Waals surface area contributed by atoms with Crippen molar-refractivity contribution in [3.8, 4) is 0 Å². The highest BCUT2D eigenvalue weighted by Gasteiger charge is 2.14. The summed E-state index contributed by atoms with van der Waals surface area (Å²) in [6.07, 6.45) is 1.18. The SMILES string of the molecule is CCC(NC(C)c1cccc(Br)c1)C(C)C. The number of rotatable bonds is 5. The molecule has 2 atom stereocenters. The predicted octanol–water partition coefficient (Wildman–Crippen LogP) is 4.53. The van der Waals surface area contributed by atoms with Crippen molar-refractivity contribution in [2.24, 2.45) is 5.92 Å². The highest BCUT2D eigenvalue weighted by atomic mass is 79.9. The Kier molecular flexibility index (Phi) is 5.50. The lowest BCUT2D eigenvalue weighted by Crippen LogP contribution is -2.35. The van der Waals surface area contributed by atoms with Gasteiger partial charge in [0.2, 0.25) is 0 Å². The molecular formula is C14H22BrN. The lowest BCUT2D eigenvalue weighted by Gasteiger charge is -2.25. The molecule has 0 fully saturated rings. The average molecular weight is 284 g/mol. The van der Waals surface area contributed by atoms with E-state index in [0.29, 0.717) is 18.0 Å². The summed E-state index contributed by atoms with van der Waals surface area (Å²) < 4.78 is 1.15. The molecule has 1 nitrogen and oxygen atoms in total. The normalized spacial score (nSPS) is 15.1. The van der Waals surface area contributed by atoms with Crippen molar-refractivity contribution in [3.63, 3.8) is 0 Å². The Morgan fingerprint density at radius 2 is 1.94 bits per heavy atom. The molecule has 0 aliphatic rings. The third-order valence-electron chi connectivity index (χ3n) is 3.06. The van der Waals surface area contributed by atoms with Gasteiger partial charge in [-0.3, -0.25) is 0 Å². The molecular weight excluding hydrogens is 262 g/mol. The molecule has 0 radical (unpaired) electrons. The van der Waals surface area contributed by atoms with Gasteiger partial charge in [-0.25, -0.2) is 0 Å². The molecule has 0 amide bonds. The summed E-state index contributed by atoms with van der Waals surface area (Å²) in [7, 11) is 0. The Balaban J connectivity index is 2.67. The third-order valence-corrected chi connectivity index (χ3v) is 3.55. The Labute approximate surface area is 108 Å². The molecule has 0 saturated carbocycles. The van der Waals surface area contributed by atoms with E-state index in [1.54, 1.807) is 0 Å². The highest BCUT2D eigenvalue weighted by molar-refractivity contribution is 9.10. The van der Waals surface area contributed by atoms with Crippen LogP contribution in [0, 0.1) is 5.92 Å². The van der Waals surface area contributed by atoms with Gasteiger partial charge in [0.1, 0.15) is 0 Å². The Morgan fingerprint density at radius 1 is 1.25 bits per heavy atom. The molecule has 90 valence electrons. The molecule has 1 rings (SSSR count). The van der Waals surface area contributed by atoms with Gasteiger partial charge in [-0.2, -0.15) is 0 Å². The van der Waals surface area contributed by atoms with Crippen molar-refractivity contribution in [2.75, 3.05) is 0 Å². The van der Waals surface area contributed by atoms with Crippen molar-refractivity contribution in [1.82, 2.24) is 5.32 Å². The largest absolute Gasteiger partial charge is 0.307 e. The molecule has 1 aromatic carbocycles. The molecule has 0 bridgehead atoms. The van der Waals surface area contributed by atoms with Gasteiger partial charge in [0.05, 0.1) is 0 Å². The molecule has 1 aromatic rings. The number of hydrogen-bond acceptors (Lipinski definition) is 1. The van der Waals surface area contributed by atoms with Crippen LogP contribution in [0.1, 0.15) is 45.7 Å². The minimum absolute atomic E-state index is 0.407. The van der Waals surface area contributed by atoms with Gasteiger partial charge in [-0.1, -0.05) is 48.8 Å². The van der Waals surface area contributed by atoms with Crippen molar-refractivity contribution in [3.05, 3.63) is 34.3 Å². The van der Waals surface area contributed by atoms with Crippen LogP contribution >= 0.6 is 15.9 Å². The molecule has 2 heteroatoms. The summed E-state index contributed by atoms with van der Waals surface area (Å²) in [5.74, 6) is 0.680. The number of nitrogens with one attached hydrogen (secondary N) is 1. The van der Waals surface area contributed by atoms with Crippen LogP contribution in [0.3, 0.4) is 0 Å². The van der Waals surface area contributed by atoms with Crippen LogP contribution in [0.5, 0.6) is 0 Å². The fourth-order valence-corrected chi connectivity index (χ4v) is 2.39. The van der Waals surface area contributed by atoms with E-state index in [1.165, 1.54) is 12.0 Å². The molecule has 1 N–H and O–H groups in total. The van der Waals surface area contributed by atoms with Crippen LogP contribution in [0.2, 0.25) is 0 Å². The second-order valence-corrected chi connectivity index (χ2v) is 5.62. The van der Waals surface area contributed by atoms with Crippen LogP contribution in [0.15, 0.2) is 28.7 Å². The maximum absolute atomic E-state index is 3.69. The smallest absolute Gasteiger partial charge is 0.0294 e. The molecule has 2 unspecified atom stereocenters. The summed E-state index contributed by atoms with van der Waals surface area (Å²) in [6.45, 7) is 9.02. The topological polar surface area (TPSA) is 12.0 Å². The van der Waals surface area contributed by atoms with E-state index in [9.17, 15) is 0 Å². The monoisotopic (exact) mass is 283 g/mol. The van der Waals surface area contributed by atoms with Crippen LogP contribution in [0.25, 0.3) is 0 Å². The van der Waals surface area contributed by atoms with Crippen LogP contribution in [-0.4, -0.2) is 6.04 Å². The quantitative estimate of drug-likeness (QED) is 0.837. The summed E-state index contributed by atoms with van der Waals surface area (Å²) >= 11 is 3.51. The van der Waals surface area contributed by atoms with E-state index in [1.807, 2.05) is 0 Å². The van der Waals surface area contributed by atoms with Gasteiger partial charge < -0.3 is 5.32 Å². The Hall–Kier alpha value is -0.340. The molecule has 16 heavy (non-hydrogen) atoms. The molecule has 0 saturated heterocycles. The Bertz CT molecular complexity index is 322. The van der Waals surface area contributed by atoms with Crippen LogP contribution in [-0.2, 0) is 0 Å². The average Bonchev–Trinajstić information content (AvgIpc) is 2.25. The minimum Gasteiger partial charge on any atom is -0.307 e. The van der Waals surface area contributed by atoms with Gasteiger partial charge in [-0.15, -0.1) is 0 Å². The van der Waals surface area contributed by atoms with E-state index in [0.717, 1.165) is 4.47 Å². The van der Waals surface area contributed by atoms with Crippen LogP contribution in [0.4, 0.5) is 0 Å². The van der Waals surface area contributed by atoms with Crippen molar-refractivity contribution >= 4 is 15.9 Å². The zero-order valence-corrected chi connectivity index (χ0v) is 12.2. The molecule has 0 spiro atoms.